The van der Waals surface area contributed by atoms with Gasteiger partial charge in [-0.1, -0.05) is 32.0 Å². The zero-order chi connectivity index (χ0) is 9.40. The van der Waals surface area contributed by atoms with Crippen molar-refractivity contribution in [3.63, 3.8) is 0 Å². The molecule has 2 heteroatoms. The molecule has 0 radical (unpaired) electrons. The van der Waals surface area contributed by atoms with E-state index in [0.29, 0.717) is 5.84 Å². The van der Waals surface area contributed by atoms with Crippen LogP contribution in [-0.2, 0) is 0 Å². The predicted molar refractivity (Wildman–Crippen MR) is 54.7 cm³/mol. The molecule has 0 aromatic heterocycles. The quantitative estimate of drug-likeness (QED) is 0.503. The van der Waals surface area contributed by atoms with Crippen LogP contribution in [0.3, 0.4) is 0 Å². The summed E-state index contributed by atoms with van der Waals surface area (Å²) in [5.74, 6) is 0.589. The van der Waals surface area contributed by atoms with Gasteiger partial charge in [-0.15, -0.1) is 0 Å². The van der Waals surface area contributed by atoms with E-state index in [4.69, 9.17) is 5.73 Å². The lowest BCUT2D eigenvalue weighted by molar-refractivity contribution is 1.45. The largest absolute Gasteiger partial charge is 0.387 e. The highest BCUT2D eigenvalue weighted by atomic mass is 14.8. The van der Waals surface area contributed by atoms with Gasteiger partial charge in [-0.2, -0.15) is 0 Å². The number of para-hydroxylation sites is 1. The van der Waals surface area contributed by atoms with Crippen molar-refractivity contribution in [2.24, 2.45) is 10.7 Å². The maximum absolute atomic E-state index is 5.37. The first kappa shape index (κ1) is 10.7. The first-order valence-corrected chi connectivity index (χ1v) is 4.15. The molecule has 1 aromatic carbocycles. The molecule has 1 rings (SSSR count). The van der Waals surface area contributed by atoms with Crippen molar-refractivity contribution < 1.29 is 0 Å². The monoisotopic (exact) mass is 164 g/mol. The number of benzene rings is 1. The Morgan fingerprint density at radius 3 is 2.08 bits per heavy atom. The Morgan fingerprint density at radius 1 is 1.17 bits per heavy atom. The van der Waals surface area contributed by atoms with Crippen LogP contribution in [0.4, 0.5) is 5.69 Å². The van der Waals surface area contributed by atoms with Gasteiger partial charge < -0.3 is 5.73 Å². The average Bonchev–Trinajstić information content (AvgIpc) is 2.08. The molecule has 0 atom stereocenters. The number of nitrogens with zero attached hydrogens (tertiary/aromatic N) is 1. The summed E-state index contributed by atoms with van der Waals surface area (Å²) >= 11 is 0. The molecular formula is C10H16N2. The van der Waals surface area contributed by atoms with Crippen LogP contribution in [0.25, 0.3) is 0 Å². The molecule has 0 spiro atoms. The molecule has 0 aliphatic rings. The van der Waals surface area contributed by atoms with E-state index in [9.17, 15) is 0 Å². The molecule has 2 nitrogen and oxygen atoms in total. The number of nitrogens with two attached hydrogens (primary N) is 1. The minimum atomic E-state index is 0.589. The Kier molecular flexibility index (Phi) is 5.70. The summed E-state index contributed by atoms with van der Waals surface area (Å²) < 4.78 is 0. The lowest BCUT2D eigenvalue weighted by atomic mass is 10.3. The Labute approximate surface area is 74.1 Å². The van der Waals surface area contributed by atoms with Crippen molar-refractivity contribution in [1.82, 2.24) is 0 Å². The van der Waals surface area contributed by atoms with Gasteiger partial charge >= 0.3 is 0 Å². The molecular weight excluding hydrogens is 148 g/mol. The summed E-state index contributed by atoms with van der Waals surface area (Å²) in [4.78, 5) is 4.05. The lowest BCUT2D eigenvalue weighted by Gasteiger charge is -1.91. The number of hydrogen-bond donors (Lipinski definition) is 1. The minimum Gasteiger partial charge on any atom is -0.387 e. The van der Waals surface area contributed by atoms with Crippen molar-refractivity contribution in [2.75, 3.05) is 0 Å². The second-order valence-electron chi connectivity index (χ2n) is 2.09. The van der Waals surface area contributed by atoms with Crippen LogP contribution in [0, 0.1) is 0 Å². The van der Waals surface area contributed by atoms with Gasteiger partial charge in [-0.25, -0.2) is 4.99 Å². The standard InChI is InChI=1S/C8H10N2.C2H6/c1-7(9)10-8-5-3-2-4-6-8;1-2/h2-6H,1H3,(H2,9,10);1-2H3. The van der Waals surface area contributed by atoms with Crippen LogP contribution in [0.2, 0.25) is 0 Å². The van der Waals surface area contributed by atoms with Crippen LogP contribution in [-0.4, -0.2) is 5.84 Å². The number of aliphatic imine (C=N–C) groups is 1. The summed E-state index contributed by atoms with van der Waals surface area (Å²) in [7, 11) is 0. The van der Waals surface area contributed by atoms with Crippen LogP contribution in [0.15, 0.2) is 35.3 Å². The fourth-order valence-electron chi connectivity index (χ4n) is 0.706. The molecule has 0 heterocycles. The maximum Gasteiger partial charge on any atom is 0.0964 e. The average molecular weight is 164 g/mol. The Morgan fingerprint density at radius 2 is 1.67 bits per heavy atom. The Bertz CT molecular complexity index is 223. The molecule has 0 unspecified atom stereocenters. The fourth-order valence-corrected chi connectivity index (χ4v) is 0.706. The third-order valence-electron chi connectivity index (χ3n) is 1.06. The lowest BCUT2D eigenvalue weighted by Crippen LogP contribution is -2.03. The summed E-state index contributed by atoms with van der Waals surface area (Å²) in [5.41, 5.74) is 6.28. The van der Waals surface area contributed by atoms with Crippen molar-refractivity contribution in [3.05, 3.63) is 30.3 Å². The zero-order valence-corrected chi connectivity index (χ0v) is 7.91. The van der Waals surface area contributed by atoms with Crippen molar-refractivity contribution in [3.8, 4) is 0 Å². The van der Waals surface area contributed by atoms with E-state index in [1.807, 2.05) is 44.2 Å². The van der Waals surface area contributed by atoms with Crippen molar-refractivity contribution in [2.45, 2.75) is 20.8 Å². The van der Waals surface area contributed by atoms with Gasteiger partial charge in [0.2, 0.25) is 0 Å². The highest BCUT2D eigenvalue weighted by Crippen LogP contribution is 2.08. The minimum absolute atomic E-state index is 0.589. The third kappa shape index (κ3) is 4.50. The second kappa shape index (κ2) is 6.40. The molecule has 12 heavy (non-hydrogen) atoms. The molecule has 0 saturated carbocycles. The molecule has 0 bridgehead atoms. The van der Waals surface area contributed by atoms with E-state index < -0.39 is 0 Å². The number of hydrogen-bond acceptors (Lipinski definition) is 1. The van der Waals surface area contributed by atoms with Gasteiger partial charge in [0.1, 0.15) is 0 Å². The highest BCUT2D eigenvalue weighted by Gasteiger charge is 1.83. The molecule has 0 amide bonds. The molecule has 2 N–H and O–H groups in total. The van der Waals surface area contributed by atoms with Gasteiger partial charge in [0.25, 0.3) is 0 Å². The predicted octanol–water partition coefficient (Wildman–Crippen LogP) is 2.72. The van der Waals surface area contributed by atoms with Crippen molar-refractivity contribution >= 4 is 11.5 Å². The molecule has 0 fully saturated rings. The SMILES string of the molecule is CC.CC(N)=Nc1ccccc1. The van der Waals surface area contributed by atoms with Gasteiger partial charge in [-0.3, -0.25) is 0 Å². The summed E-state index contributed by atoms with van der Waals surface area (Å²) in [6.07, 6.45) is 0. The first-order valence-electron chi connectivity index (χ1n) is 4.15. The Hall–Kier alpha value is -1.31. The normalized spacial score (nSPS) is 10.1. The van der Waals surface area contributed by atoms with Crippen LogP contribution < -0.4 is 5.73 Å². The van der Waals surface area contributed by atoms with E-state index in [2.05, 4.69) is 4.99 Å². The van der Waals surface area contributed by atoms with Crippen LogP contribution in [0.1, 0.15) is 20.8 Å². The first-order chi connectivity index (χ1) is 5.79. The molecule has 0 saturated heterocycles. The van der Waals surface area contributed by atoms with Crippen molar-refractivity contribution in [1.29, 1.82) is 0 Å². The van der Waals surface area contributed by atoms with Crippen LogP contribution in [0.5, 0.6) is 0 Å². The summed E-state index contributed by atoms with van der Waals surface area (Å²) in [6.45, 7) is 5.77. The van der Waals surface area contributed by atoms with E-state index in [-0.39, 0.29) is 0 Å². The van der Waals surface area contributed by atoms with E-state index in [0.717, 1.165) is 5.69 Å². The van der Waals surface area contributed by atoms with Gasteiger partial charge in [-0.05, 0) is 19.1 Å². The molecule has 1 aromatic rings. The van der Waals surface area contributed by atoms with E-state index in [1.165, 1.54) is 0 Å². The zero-order valence-electron chi connectivity index (χ0n) is 7.91. The highest BCUT2D eigenvalue weighted by molar-refractivity contribution is 5.80. The fraction of sp³-hybridized carbons (Fsp3) is 0.300. The number of amidine groups is 1. The van der Waals surface area contributed by atoms with Gasteiger partial charge in [0.15, 0.2) is 0 Å². The maximum atomic E-state index is 5.37. The number of rotatable bonds is 1. The van der Waals surface area contributed by atoms with Gasteiger partial charge in [0, 0.05) is 0 Å². The summed E-state index contributed by atoms with van der Waals surface area (Å²) in [5, 5.41) is 0. The molecule has 0 aliphatic carbocycles. The third-order valence-corrected chi connectivity index (χ3v) is 1.06. The molecule has 0 aliphatic heterocycles. The molecule has 66 valence electrons. The van der Waals surface area contributed by atoms with Gasteiger partial charge in [0.05, 0.1) is 11.5 Å². The van der Waals surface area contributed by atoms with E-state index in [1.54, 1.807) is 6.92 Å². The second-order valence-corrected chi connectivity index (χ2v) is 2.09. The van der Waals surface area contributed by atoms with Crippen LogP contribution >= 0.6 is 0 Å². The topological polar surface area (TPSA) is 38.4 Å². The Balaban J connectivity index is 0.000000561. The summed E-state index contributed by atoms with van der Waals surface area (Å²) in [6, 6.07) is 9.64. The van der Waals surface area contributed by atoms with E-state index >= 15 is 0 Å². The smallest absolute Gasteiger partial charge is 0.0964 e.